The van der Waals surface area contributed by atoms with E-state index in [-0.39, 0.29) is 24.7 Å². The SMILES string of the molecule is CC1(OCC(=O)N(CC#N)Cc2ccccc2)CNC1. The van der Waals surface area contributed by atoms with Gasteiger partial charge in [-0.2, -0.15) is 5.26 Å². The van der Waals surface area contributed by atoms with Gasteiger partial charge in [0.2, 0.25) is 5.91 Å². The Hall–Kier alpha value is -1.90. The lowest BCUT2D eigenvalue weighted by atomic mass is 10.0. The predicted octanol–water partition coefficient (Wildman–Crippen LogP) is 0.917. The highest BCUT2D eigenvalue weighted by molar-refractivity contribution is 5.77. The van der Waals surface area contributed by atoms with Gasteiger partial charge >= 0.3 is 0 Å². The number of carbonyl (C=O) groups excluding carboxylic acids is 1. The molecule has 5 nitrogen and oxygen atoms in total. The third kappa shape index (κ3) is 3.80. The van der Waals surface area contributed by atoms with Crippen LogP contribution in [0.15, 0.2) is 30.3 Å². The summed E-state index contributed by atoms with van der Waals surface area (Å²) in [6.45, 7) is 4.03. The van der Waals surface area contributed by atoms with E-state index in [9.17, 15) is 4.79 Å². The fraction of sp³-hybridized carbons (Fsp3) is 0.467. The second kappa shape index (κ2) is 6.51. The van der Waals surface area contributed by atoms with Gasteiger partial charge in [-0.25, -0.2) is 0 Å². The van der Waals surface area contributed by atoms with Gasteiger partial charge in [0.15, 0.2) is 0 Å². The Morgan fingerprint density at radius 1 is 1.45 bits per heavy atom. The zero-order chi connectivity index (χ0) is 14.4. The van der Waals surface area contributed by atoms with Gasteiger partial charge in [-0.05, 0) is 12.5 Å². The van der Waals surface area contributed by atoms with Crippen LogP contribution in [0.2, 0.25) is 0 Å². The first-order chi connectivity index (χ1) is 9.63. The van der Waals surface area contributed by atoms with Crippen molar-refractivity contribution in [2.75, 3.05) is 26.2 Å². The van der Waals surface area contributed by atoms with Gasteiger partial charge in [0, 0.05) is 19.6 Å². The highest BCUT2D eigenvalue weighted by Crippen LogP contribution is 2.15. The van der Waals surface area contributed by atoms with Gasteiger partial charge in [-0.15, -0.1) is 0 Å². The number of carbonyl (C=O) groups is 1. The van der Waals surface area contributed by atoms with Crippen LogP contribution < -0.4 is 5.32 Å². The van der Waals surface area contributed by atoms with E-state index in [0.29, 0.717) is 6.54 Å². The molecular weight excluding hydrogens is 254 g/mol. The van der Waals surface area contributed by atoms with Crippen LogP contribution in [0.4, 0.5) is 0 Å². The van der Waals surface area contributed by atoms with Crippen LogP contribution in [0.25, 0.3) is 0 Å². The first-order valence-electron chi connectivity index (χ1n) is 6.66. The highest BCUT2D eigenvalue weighted by Gasteiger charge is 2.33. The molecule has 0 aliphatic carbocycles. The number of hydrogen-bond acceptors (Lipinski definition) is 4. The summed E-state index contributed by atoms with van der Waals surface area (Å²) in [5, 5.41) is 12.0. The van der Waals surface area contributed by atoms with Crippen LogP contribution in [0.5, 0.6) is 0 Å². The van der Waals surface area contributed by atoms with Crippen LogP contribution in [-0.2, 0) is 16.1 Å². The molecule has 1 aliphatic heterocycles. The molecule has 1 fully saturated rings. The van der Waals surface area contributed by atoms with Crippen LogP contribution in [0.1, 0.15) is 12.5 Å². The maximum atomic E-state index is 12.2. The van der Waals surface area contributed by atoms with Gasteiger partial charge in [-0.3, -0.25) is 4.79 Å². The van der Waals surface area contributed by atoms with Gasteiger partial charge in [0.25, 0.3) is 0 Å². The number of ether oxygens (including phenoxy) is 1. The van der Waals surface area contributed by atoms with E-state index in [1.807, 2.05) is 43.3 Å². The van der Waals surface area contributed by atoms with Crippen molar-refractivity contribution in [3.05, 3.63) is 35.9 Å². The van der Waals surface area contributed by atoms with E-state index in [1.54, 1.807) is 0 Å². The molecule has 0 unspecified atom stereocenters. The zero-order valence-electron chi connectivity index (χ0n) is 11.6. The Morgan fingerprint density at radius 3 is 2.70 bits per heavy atom. The maximum absolute atomic E-state index is 12.2. The topological polar surface area (TPSA) is 65.4 Å². The second-order valence-electron chi connectivity index (χ2n) is 5.24. The van der Waals surface area contributed by atoms with Gasteiger partial charge in [0.05, 0.1) is 11.7 Å². The minimum Gasteiger partial charge on any atom is -0.363 e. The Kier molecular flexibility index (Phi) is 4.72. The highest BCUT2D eigenvalue weighted by atomic mass is 16.5. The largest absolute Gasteiger partial charge is 0.363 e. The van der Waals surface area contributed by atoms with Crippen molar-refractivity contribution in [1.82, 2.24) is 10.2 Å². The van der Waals surface area contributed by atoms with E-state index in [2.05, 4.69) is 5.32 Å². The van der Waals surface area contributed by atoms with E-state index >= 15 is 0 Å². The molecule has 0 aromatic heterocycles. The van der Waals surface area contributed by atoms with Crippen molar-refractivity contribution >= 4 is 5.91 Å². The molecule has 1 aliphatic rings. The molecule has 1 aromatic carbocycles. The third-order valence-electron chi connectivity index (χ3n) is 3.37. The van der Waals surface area contributed by atoms with Crippen molar-refractivity contribution in [2.45, 2.75) is 19.1 Å². The quantitative estimate of drug-likeness (QED) is 0.783. The maximum Gasteiger partial charge on any atom is 0.249 e. The molecule has 0 spiro atoms. The van der Waals surface area contributed by atoms with Crippen molar-refractivity contribution < 1.29 is 9.53 Å². The first kappa shape index (κ1) is 14.5. The molecule has 0 radical (unpaired) electrons. The van der Waals surface area contributed by atoms with Crippen LogP contribution in [-0.4, -0.2) is 42.6 Å². The standard InChI is InChI=1S/C15H19N3O2/c1-15(11-17-12-15)20-10-14(19)18(8-7-16)9-13-5-3-2-4-6-13/h2-6,17H,8-12H2,1H3. The molecule has 1 amide bonds. The summed E-state index contributed by atoms with van der Waals surface area (Å²) in [6, 6.07) is 11.7. The molecule has 1 N–H and O–H groups in total. The molecule has 1 aromatic rings. The monoisotopic (exact) mass is 273 g/mol. The number of nitrogens with one attached hydrogen (secondary N) is 1. The lowest BCUT2D eigenvalue weighted by molar-refractivity contribution is -0.146. The first-order valence-corrected chi connectivity index (χ1v) is 6.66. The number of rotatable bonds is 6. The van der Waals surface area contributed by atoms with Crippen molar-refractivity contribution in [3.8, 4) is 6.07 Å². The minimum absolute atomic E-state index is 0.0205. The van der Waals surface area contributed by atoms with Gasteiger partial charge in [-0.1, -0.05) is 30.3 Å². The molecule has 0 saturated carbocycles. The fourth-order valence-electron chi connectivity index (χ4n) is 2.03. The molecule has 106 valence electrons. The smallest absolute Gasteiger partial charge is 0.249 e. The zero-order valence-corrected chi connectivity index (χ0v) is 11.6. The van der Waals surface area contributed by atoms with Crippen molar-refractivity contribution in [3.63, 3.8) is 0 Å². The lowest BCUT2D eigenvalue weighted by Gasteiger charge is -2.39. The van der Waals surface area contributed by atoms with Crippen LogP contribution in [0.3, 0.4) is 0 Å². The summed E-state index contributed by atoms with van der Waals surface area (Å²) in [6.07, 6.45) is 0. The number of nitrogens with zero attached hydrogens (tertiary/aromatic N) is 2. The Morgan fingerprint density at radius 2 is 2.15 bits per heavy atom. The van der Waals surface area contributed by atoms with E-state index in [0.717, 1.165) is 18.7 Å². The number of amides is 1. The van der Waals surface area contributed by atoms with E-state index < -0.39 is 0 Å². The average Bonchev–Trinajstić information content (AvgIpc) is 2.43. The van der Waals surface area contributed by atoms with Gasteiger partial charge in [0.1, 0.15) is 13.2 Å². The average molecular weight is 273 g/mol. The van der Waals surface area contributed by atoms with Crippen molar-refractivity contribution in [1.29, 1.82) is 5.26 Å². The second-order valence-corrected chi connectivity index (χ2v) is 5.24. The fourth-order valence-corrected chi connectivity index (χ4v) is 2.03. The van der Waals surface area contributed by atoms with Crippen LogP contribution >= 0.6 is 0 Å². The molecule has 0 atom stereocenters. The molecule has 0 bridgehead atoms. The number of benzene rings is 1. The molecule has 20 heavy (non-hydrogen) atoms. The molecule has 1 heterocycles. The summed E-state index contributed by atoms with van der Waals surface area (Å²) in [4.78, 5) is 13.7. The summed E-state index contributed by atoms with van der Waals surface area (Å²) in [5.74, 6) is -0.150. The van der Waals surface area contributed by atoms with Crippen molar-refractivity contribution in [2.24, 2.45) is 0 Å². The molecular formula is C15H19N3O2. The molecule has 2 rings (SSSR count). The number of hydrogen-bond donors (Lipinski definition) is 1. The van der Waals surface area contributed by atoms with Crippen LogP contribution in [0, 0.1) is 11.3 Å². The minimum atomic E-state index is -0.249. The Labute approximate surface area is 119 Å². The Bertz CT molecular complexity index is 492. The summed E-state index contributed by atoms with van der Waals surface area (Å²) in [5.41, 5.74) is 0.758. The predicted molar refractivity (Wildman–Crippen MR) is 74.7 cm³/mol. The Balaban J connectivity index is 1.90. The summed E-state index contributed by atoms with van der Waals surface area (Å²) < 4.78 is 5.63. The molecule has 5 heteroatoms. The normalized spacial score (nSPS) is 16.0. The van der Waals surface area contributed by atoms with E-state index in [4.69, 9.17) is 10.00 Å². The third-order valence-corrected chi connectivity index (χ3v) is 3.37. The summed E-state index contributed by atoms with van der Waals surface area (Å²) >= 11 is 0. The van der Waals surface area contributed by atoms with Gasteiger partial charge < -0.3 is 15.0 Å². The molecule has 1 saturated heterocycles. The lowest BCUT2D eigenvalue weighted by Crippen LogP contribution is -2.59. The summed E-state index contributed by atoms with van der Waals surface area (Å²) in [7, 11) is 0. The number of nitriles is 1. The van der Waals surface area contributed by atoms with E-state index in [1.165, 1.54) is 4.90 Å².